The Balaban J connectivity index is 2.51. The standard InChI is InChI=1S/C13H25NO/c1-11(10-15-2)8-13(9-14)12-6-4-3-5-7-12/h8,11-12H,3-7,9-10,14H2,1-2H3/b13-8-. The third-order valence-electron chi connectivity index (χ3n) is 3.29. The van der Waals surface area contributed by atoms with Crippen LogP contribution in [0.2, 0.25) is 0 Å². The fourth-order valence-corrected chi connectivity index (χ4v) is 2.52. The molecule has 0 heterocycles. The van der Waals surface area contributed by atoms with Gasteiger partial charge in [-0.1, -0.05) is 37.8 Å². The highest BCUT2D eigenvalue weighted by Crippen LogP contribution is 2.29. The van der Waals surface area contributed by atoms with Crippen molar-refractivity contribution in [3.63, 3.8) is 0 Å². The number of nitrogens with two attached hydrogens (primary N) is 1. The van der Waals surface area contributed by atoms with Crippen molar-refractivity contribution in [1.29, 1.82) is 0 Å². The molecule has 0 aromatic carbocycles. The summed E-state index contributed by atoms with van der Waals surface area (Å²) in [4.78, 5) is 0. The van der Waals surface area contributed by atoms with Crippen LogP contribution in [0.4, 0.5) is 0 Å². The maximum Gasteiger partial charge on any atom is 0.0522 e. The maximum absolute atomic E-state index is 5.84. The minimum Gasteiger partial charge on any atom is -0.384 e. The van der Waals surface area contributed by atoms with Crippen LogP contribution in [0, 0.1) is 11.8 Å². The number of hydrogen-bond donors (Lipinski definition) is 1. The molecule has 0 amide bonds. The predicted molar refractivity (Wildman–Crippen MR) is 64.8 cm³/mol. The summed E-state index contributed by atoms with van der Waals surface area (Å²) >= 11 is 0. The van der Waals surface area contributed by atoms with Crippen LogP contribution in [0.5, 0.6) is 0 Å². The van der Waals surface area contributed by atoms with Gasteiger partial charge < -0.3 is 10.5 Å². The zero-order chi connectivity index (χ0) is 11.1. The highest BCUT2D eigenvalue weighted by atomic mass is 16.5. The maximum atomic E-state index is 5.84. The van der Waals surface area contributed by atoms with Gasteiger partial charge in [-0.25, -0.2) is 0 Å². The largest absolute Gasteiger partial charge is 0.384 e. The Morgan fingerprint density at radius 2 is 2.07 bits per heavy atom. The van der Waals surface area contributed by atoms with E-state index in [1.54, 1.807) is 7.11 Å². The smallest absolute Gasteiger partial charge is 0.0522 e. The summed E-state index contributed by atoms with van der Waals surface area (Å²) in [6, 6.07) is 0. The third kappa shape index (κ3) is 4.35. The molecule has 0 bridgehead atoms. The van der Waals surface area contributed by atoms with Crippen molar-refractivity contribution < 1.29 is 4.74 Å². The van der Waals surface area contributed by atoms with E-state index < -0.39 is 0 Å². The fraction of sp³-hybridized carbons (Fsp3) is 0.846. The van der Waals surface area contributed by atoms with Crippen molar-refractivity contribution in [2.75, 3.05) is 20.3 Å². The molecule has 2 heteroatoms. The van der Waals surface area contributed by atoms with Crippen molar-refractivity contribution in [3.8, 4) is 0 Å². The first kappa shape index (κ1) is 12.7. The van der Waals surface area contributed by atoms with Crippen LogP contribution in [-0.4, -0.2) is 20.3 Å². The number of methoxy groups -OCH3 is 1. The molecule has 1 saturated carbocycles. The lowest BCUT2D eigenvalue weighted by molar-refractivity contribution is 0.175. The minimum atomic E-state index is 0.496. The van der Waals surface area contributed by atoms with E-state index >= 15 is 0 Å². The highest BCUT2D eigenvalue weighted by molar-refractivity contribution is 5.10. The average Bonchev–Trinajstić information content (AvgIpc) is 2.27. The van der Waals surface area contributed by atoms with Crippen LogP contribution in [0.1, 0.15) is 39.0 Å². The molecule has 1 rings (SSSR count). The molecule has 1 atom stereocenters. The molecule has 15 heavy (non-hydrogen) atoms. The topological polar surface area (TPSA) is 35.2 Å². The average molecular weight is 211 g/mol. The van der Waals surface area contributed by atoms with Gasteiger partial charge in [0.1, 0.15) is 0 Å². The Labute approximate surface area is 93.9 Å². The molecule has 0 saturated heterocycles. The van der Waals surface area contributed by atoms with E-state index in [0.717, 1.165) is 19.1 Å². The molecular weight excluding hydrogens is 186 g/mol. The lowest BCUT2D eigenvalue weighted by atomic mass is 9.82. The van der Waals surface area contributed by atoms with Gasteiger partial charge >= 0.3 is 0 Å². The van der Waals surface area contributed by atoms with Gasteiger partial charge in [0.05, 0.1) is 6.61 Å². The summed E-state index contributed by atoms with van der Waals surface area (Å²) in [6.07, 6.45) is 9.16. The number of rotatable bonds is 5. The fourth-order valence-electron chi connectivity index (χ4n) is 2.52. The first-order chi connectivity index (χ1) is 7.27. The van der Waals surface area contributed by atoms with Crippen LogP contribution in [0.25, 0.3) is 0 Å². The van der Waals surface area contributed by atoms with Crippen LogP contribution < -0.4 is 5.73 Å². The molecule has 2 N–H and O–H groups in total. The zero-order valence-corrected chi connectivity index (χ0v) is 10.2. The van der Waals surface area contributed by atoms with Crippen LogP contribution >= 0.6 is 0 Å². The molecule has 88 valence electrons. The van der Waals surface area contributed by atoms with E-state index in [0.29, 0.717) is 5.92 Å². The SMILES string of the molecule is COCC(C)/C=C(/CN)C1CCCCC1. The summed E-state index contributed by atoms with van der Waals surface area (Å²) in [5.74, 6) is 1.25. The van der Waals surface area contributed by atoms with Crippen molar-refractivity contribution in [2.45, 2.75) is 39.0 Å². The quantitative estimate of drug-likeness (QED) is 0.710. The van der Waals surface area contributed by atoms with Gasteiger partial charge in [0.2, 0.25) is 0 Å². The van der Waals surface area contributed by atoms with E-state index in [2.05, 4.69) is 13.0 Å². The molecule has 1 fully saturated rings. The second kappa shape index (κ2) is 7.02. The monoisotopic (exact) mass is 211 g/mol. The molecule has 1 aliphatic rings. The number of ether oxygens (including phenoxy) is 1. The van der Waals surface area contributed by atoms with Gasteiger partial charge in [0.15, 0.2) is 0 Å². The molecule has 2 nitrogen and oxygen atoms in total. The molecule has 1 unspecified atom stereocenters. The molecule has 0 spiro atoms. The Bertz CT molecular complexity index is 195. The van der Waals surface area contributed by atoms with Gasteiger partial charge in [0.25, 0.3) is 0 Å². The van der Waals surface area contributed by atoms with Gasteiger partial charge in [-0.05, 0) is 24.7 Å². The molecule has 0 radical (unpaired) electrons. The lowest BCUT2D eigenvalue weighted by Gasteiger charge is -2.24. The summed E-state index contributed by atoms with van der Waals surface area (Å²) in [7, 11) is 1.76. The zero-order valence-electron chi connectivity index (χ0n) is 10.2. The molecule has 0 aromatic rings. The van der Waals surface area contributed by atoms with Crippen molar-refractivity contribution in [1.82, 2.24) is 0 Å². The first-order valence-corrected chi connectivity index (χ1v) is 6.17. The third-order valence-corrected chi connectivity index (χ3v) is 3.29. The molecule has 0 aliphatic heterocycles. The van der Waals surface area contributed by atoms with Gasteiger partial charge in [-0.3, -0.25) is 0 Å². The van der Waals surface area contributed by atoms with E-state index in [-0.39, 0.29) is 0 Å². The summed E-state index contributed by atoms with van der Waals surface area (Å²) in [5.41, 5.74) is 7.30. The Kier molecular flexibility index (Phi) is 5.96. The second-order valence-corrected chi connectivity index (χ2v) is 4.71. The lowest BCUT2D eigenvalue weighted by Crippen LogP contribution is -2.17. The molecule has 0 aromatic heterocycles. The second-order valence-electron chi connectivity index (χ2n) is 4.71. The molecule has 1 aliphatic carbocycles. The number of hydrogen-bond acceptors (Lipinski definition) is 2. The highest BCUT2D eigenvalue weighted by Gasteiger charge is 2.17. The predicted octanol–water partition coefficient (Wildman–Crippen LogP) is 2.73. The first-order valence-electron chi connectivity index (χ1n) is 6.17. The minimum absolute atomic E-state index is 0.496. The summed E-state index contributed by atoms with van der Waals surface area (Å²) < 4.78 is 5.15. The summed E-state index contributed by atoms with van der Waals surface area (Å²) in [5, 5.41) is 0. The Morgan fingerprint density at radius 1 is 1.40 bits per heavy atom. The van der Waals surface area contributed by atoms with Gasteiger partial charge in [-0.2, -0.15) is 0 Å². The van der Waals surface area contributed by atoms with E-state index in [1.165, 1.54) is 37.7 Å². The van der Waals surface area contributed by atoms with Crippen LogP contribution in [-0.2, 0) is 4.74 Å². The Morgan fingerprint density at radius 3 is 2.60 bits per heavy atom. The van der Waals surface area contributed by atoms with Gasteiger partial charge in [0, 0.05) is 13.7 Å². The van der Waals surface area contributed by atoms with Crippen LogP contribution in [0.15, 0.2) is 11.6 Å². The van der Waals surface area contributed by atoms with Crippen molar-refractivity contribution in [3.05, 3.63) is 11.6 Å². The van der Waals surface area contributed by atoms with Crippen molar-refractivity contribution in [2.24, 2.45) is 17.6 Å². The normalized spacial score (nSPS) is 21.7. The molecular formula is C13H25NO. The van der Waals surface area contributed by atoms with E-state index in [1.807, 2.05) is 0 Å². The van der Waals surface area contributed by atoms with E-state index in [9.17, 15) is 0 Å². The summed E-state index contributed by atoms with van der Waals surface area (Å²) in [6.45, 7) is 3.72. The van der Waals surface area contributed by atoms with E-state index in [4.69, 9.17) is 10.5 Å². The van der Waals surface area contributed by atoms with Gasteiger partial charge in [-0.15, -0.1) is 0 Å². The van der Waals surface area contributed by atoms with Crippen molar-refractivity contribution >= 4 is 0 Å². The Hall–Kier alpha value is -0.340. The van der Waals surface area contributed by atoms with Crippen LogP contribution in [0.3, 0.4) is 0 Å².